The summed E-state index contributed by atoms with van der Waals surface area (Å²) in [6.45, 7) is 15.9. The first-order valence-corrected chi connectivity index (χ1v) is 14.9. The molecule has 32 heavy (non-hydrogen) atoms. The van der Waals surface area contributed by atoms with Crippen LogP contribution in [-0.2, 0) is 13.8 Å². The predicted molar refractivity (Wildman–Crippen MR) is 135 cm³/mol. The van der Waals surface area contributed by atoms with Crippen molar-refractivity contribution in [3.63, 3.8) is 0 Å². The van der Waals surface area contributed by atoms with Gasteiger partial charge in [-0.3, -0.25) is 0 Å². The SMILES string of the molecule is [B][C@H]1CC[C@@H](C(C)(CC)OP(O)C(CC)(CC)C(CC)(CC)OP(O)C(O)(CC)CC)O1. The first kappa shape index (κ1) is 30.7. The third kappa shape index (κ3) is 5.90. The standard InChI is InChI=1S/C23H47BO6P2/c1-9-20(8,18-16-17-19(24)28-18)29-31(26)22(12-4,13-5)21(10-2,11-3)30-32(27)23(25,14-6)15-7/h18-19,25-27H,9-17H2,1-8H3/t18-,19+,20?,31?,32?/m0/s1. The zero-order valence-corrected chi connectivity index (χ0v) is 23.3. The van der Waals surface area contributed by atoms with Crippen molar-refractivity contribution in [2.75, 3.05) is 0 Å². The molecule has 0 saturated carbocycles. The van der Waals surface area contributed by atoms with Crippen LogP contribution in [0.5, 0.6) is 0 Å². The fraction of sp³-hybridized carbons (Fsp3) is 1.00. The monoisotopic (exact) mass is 492 g/mol. The van der Waals surface area contributed by atoms with Gasteiger partial charge in [-0.15, -0.1) is 0 Å². The highest BCUT2D eigenvalue weighted by Gasteiger charge is 2.58. The molecule has 3 N–H and O–H groups in total. The Morgan fingerprint density at radius 1 is 0.812 bits per heavy atom. The number of ether oxygens (including phenoxy) is 1. The van der Waals surface area contributed by atoms with Crippen LogP contribution < -0.4 is 0 Å². The molecule has 1 fully saturated rings. The molecular weight excluding hydrogens is 445 g/mol. The second-order valence-electron chi connectivity index (χ2n) is 9.26. The summed E-state index contributed by atoms with van der Waals surface area (Å²) in [6, 6.07) is -0.297. The highest BCUT2D eigenvalue weighted by atomic mass is 31.2. The van der Waals surface area contributed by atoms with Crippen LogP contribution in [0.3, 0.4) is 0 Å². The van der Waals surface area contributed by atoms with Gasteiger partial charge in [-0.25, -0.2) is 0 Å². The summed E-state index contributed by atoms with van der Waals surface area (Å²) in [5.74, 6) is 0. The van der Waals surface area contributed by atoms with E-state index in [4.69, 9.17) is 21.6 Å². The van der Waals surface area contributed by atoms with Gasteiger partial charge in [0.15, 0.2) is 8.38 Å². The minimum absolute atomic E-state index is 0.176. The maximum absolute atomic E-state index is 11.7. The molecule has 0 spiro atoms. The lowest BCUT2D eigenvalue weighted by Crippen LogP contribution is -2.55. The van der Waals surface area contributed by atoms with Crippen molar-refractivity contribution < 1.29 is 28.7 Å². The highest BCUT2D eigenvalue weighted by Crippen LogP contribution is 2.66. The molecule has 2 radical (unpaired) electrons. The molecule has 3 unspecified atom stereocenters. The van der Waals surface area contributed by atoms with E-state index >= 15 is 0 Å². The van der Waals surface area contributed by atoms with Crippen molar-refractivity contribution in [2.24, 2.45) is 0 Å². The number of hydrogen-bond acceptors (Lipinski definition) is 6. The first-order valence-electron chi connectivity index (χ1n) is 12.4. The molecule has 0 aromatic heterocycles. The van der Waals surface area contributed by atoms with E-state index in [1.54, 1.807) is 0 Å². The van der Waals surface area contributed by atoms with Crippen molar-refractivity contribution >= 4 is 24.6 Å². The van der Waals surface area contributed by atoms with E-state index in [-0.39, 0.29) is 12.1 Å². The zero-order valence-electron chi connectivity index (χ0n) is 21.6. The Morgan fingerprint density at radius 3 is 1.69 bits per heavy atom. The van der Waals surface area contributed by atoms with Gasteiger partial charge in [0.1, 0.15) is 13.2 Å². The van der Waals surface area contributed by atoms with Crippen LogP contribution in [0.15, 0.2) is 0 Å². The molecule has 1 aliphatic heterocycles. The summed E-state index contributed by atoms with van der Waals surface area (Å²) in [5.41, 5.74) is -1.51. The predicted octanol–water partition coefficient (Wildman–Crippen LogP) is 6.10. The maximum Gasteiger partial charge on any atom is 0.202 e. The van der Waals surface area contributed by atoms with Gasteiger partial charge in [0, 0.05) is 6.00 Å². The Balaban J connectivity index is 3.35. The van der Waals surface area contributed by atoms with E-state index in [0.29, 0.717) is 44.9 Å². The van der Waals surface area contributed by atoms with E-state index < -0.39 is 38.5 Å². The second-order valence-corrected chi connectivity index (χ2v) is 12.4. The number of rotatable bonds is 15. The van der Waals surface area contributed by atoms with Crippen molar-refractivity contribution in [2.45, 2.75) is 147 Å². The third-order valence-corrected chi connectivity index (χ3v) is 12.2. The fourth-order valence-corrected chi connectivity index (χ4v) is 8.60. The highest BCUT2D eigenvalue weighted by molar-refractivity contribution is 7.49. The van der Waals surface area contributed by atoms with Gasteiger partial charge in [-0.2, -0.15) is 0 Å². The summed E-state index contributed by atoms with van der Waals surface area (Å²) in [5, 5.41) is 8.94. The van der Waals surface area contributed by atoms with Crippen LogP contribution in [0.25, 0.3) is 0 Å². The third-order valence-electron chi connectivity index (χ3n) is 8.01. The number of hydrogen-bond donors (Lipinski definition) is 3. The Hall–Kier alpha value is 0.685. The Morgan fingerprint density at radius 2 is 1.34 bits per heavy atom. The largest absolute Gasteiger partial charge is 0.382 e. The van der Waals surface area contributed by atoms with E-state index in [1.807, 2.05) is 55.4 Å². The van der Waals surface area contributed by atoms with Crippen LogP contribution in [0.4, 0.5) is 0 Å². The van der Waals surface area contributed by atoms with E-state index in [2.05, 4.69) is 0 Å². The van der Waals surface area contributed by atoms with Crippen LogP contribution in [0.1, 0.15) is 113 Å². The average Bonchev–Trinajstić information content (AvgIpc) is 3.25. The number of aliphatic hydroxyl groups is 1. The zero-order chi connectivity index (χ0) is 24.8. The molecule has 0 bridgehead atoms. The lowest BCUT2D eigenvalue weighted by Gasteiger charge is -2.53. The lowest BCUT2D eigenvalue weighted by molar-refractivity contribution is -0.0726. The van der Waals surface area contributed by atoms with Crippen molar-refractivity contribution in [3.05, 3.63) is 0 Å². The molecule has 6 nitrogen and oxygen atoms in total. The van der Waals surface area contributed by atoms with E-state index in [9.17, 15) is 14.9 Å². The van der Waals surface area contributed by atoms with E-state index in [1.165, 1.54) is 0 Å². The van der Waals surface area contributed by atoms with E-state index in [0.717, 1.165) is 12.8 Å². The van der Waals surface area contributed by atoms with Crippen molar-refractivity contribution in [3.8, 4) is 0 Å². The van der Waals surface area contributed by atoms with Crippen LogP contribution in [-0.4, -0.2) is 56.5 Å². The molecule has 9 heteroatoms. The van der Waals surface area contributed by atoms with Crippen molar-refractivity contribution in [1.82, 2.24) is 0 Å². The van der Waals surface area contributed by atoms with Gasteiger partial charge in [-0.05, 0) is 64.7 Å². The van der Waals surface area contributed by atoms with Crippen LogP contribution >= 0.6 is 16.8 Å². The summed E-state index contributed by atoms with van der Waals surface area (Å²) in [7, 11) is 1.90. The molecule has 0 amide bonds. The Labute approximate surface area is 200 Å². The van der Waals surface area contributed by atoms with Gasteiger partial charge < -0.3 is 28.7 Å². The minimum atomic E-state index is -2.12. The van der Waals surface area contributed by atoms with Gasteiger partial charge >= 0.3 is 0 Å². The van der Waals surface area contributed by atoms with Crippen LogP contribution in [0, 0.1) is 0 Å². The van der Waals surface area contributed by atoms with Gasteiger partial charge in [0.2, 0.25) is 8.38 Å². The summed E-state index contributed by atoms with van der Waals surface area (Å²) in [6.07, 6.45) is 5.30. The molecule has 1 saturated heterocycles. The lowest BCUT2D eigenvalue weighted by atomic mass is 9.78. The molecule has 5 atom stereocenters. The smallest absolute Gasteiger partial charge is 0.202 e. The van der Waals surface area contributed by atoms with Gasteiger partial charge in [0.05, 0.1) is 22.5 Å². The molecule has 1 heterocycles. The topological polar surface area (TPSA) is 88.4 Å². The average molecular weight is 492 g/mol. The van der Waals surface area contributed by atoms with Gasteiger partial charge in [-0.1, -0.05) is 48.5 Å². The molecule has 1 rings (SSSR count). The summed E-state index contributed by atoms with van der Waals surface area (Å²) >= 11 is 0. The van der Waals surface area contributed by atoms with Gasteiger partial charge in [0.25, 0.3) is 0 Å². The Kier molecular flexibility index (Phi) is 12.1. The van der Waals surface area contributed by atoms with Crippen LogP contribution in [0.2, 0.25) is 0 Å². The Bertz CT molecular complexity index is 557. The normalized spacial score (nSPS) is 24.3. The summed E-state index contributed by atoms with van der Waals surface area (Å²) < 4.78 is 18.9. The quantitative estimate of drug-likeness (QED) is 0.189. The molecule has 1 aliphatic rings. The molecule has 0 aromatic rings. The second kappa shape index (κ2) is 12.6. The molecular formula is C23H47BO6P2. The van der Waals surface area contributed by atoms with Crippen molar-refractivity contribution in [1.29, 1.82) is 0 Å². The summed E-state index contributed by atoms with van der Waals surface area (Å²) in [4.78, 5) is 22.7. The minimum Gasteiger partial charge on any atom is -0.382 e. The maximum atomic E-state index is 11.7. The fourth-order valence-electron chi connectivity index (χ4n) is 4.98. The molecule has 0 aliphatic carbocycles. The molecule has 188 valence electrons. The first-order chi connectivity index (χ1) is 14.9. The molecule has 0 aromatic carbocycles.